The molecular weight excluding hydrogens is 434 g/mol. The van der Waals surface area contributed by atoms with Crippen LogP contribution in [0.2, 0.25) is 0 Å². The smallest absolute Gasteiger partial charge is 0.264 e. The molecule has 1 heterocycles. The van der Waals surface area contributed by atoms with Crippen LogP contribution in [0.25, 0.3) is 0 Å². The van der Waals surface area contributed by atoms with E-state index < -0.39 is 10.0 Å². The normalized spacial score (nSPS) is 11.1. The molecule has 1 amide bonds. The lowest BCUT2D eigenvalue weighted by molar-refractivity contribution is 0.102. The molecule has 0 saturated heterocycles. The number of hydrogen-bond acceptors (Lipinski definition) is 4. The third-order valence-corrected chi connectivity index (χ3v) is 7.00. The van der Waals surface area contributed by atoms with Crippen molar-refractivity contribution in [1.29, 1.82) is 0 Å². The number of carbonyl (C=O) groups is 1. The molecule has 0 radical (unpaired) electrons. The molecule has 0 spiro atoms. The molecule has 0 aliphatic heterocycles. The van der Waals surface area contributed by atoms with Gasteiger partial charge < -0.3 is 5.32 Å². The number of hydrogen-bond donors (Lipinski definition) is 1. The van der Waals surface area contributed by atoms with Gasteiger partial charge >= 0.3 is 0 Å². The summed E-state index contributed by atoms with van der Waals surface area (Å²) in [5.41, 5.74) is 2.21. The second-order valence-electron chi connectivity index (χ2n) is 7.43. The quantitative estimate of drug-likeness (QED) is 0.422. The molecule has 0 atom stereocenters. The fourth-order valence-electron chi connectivity index (χ4n) is 3.53. The molecule has 166 valence electrons. The summed E-state index contributed by atoms with van der Waals surface area (Å²) in [4.78, 5) is 17.3. The Morgan fingerprint density at radius 2 is 1.52 bits per heavy atom. The van der Waals surface area contributed by atoms with Crippen LogP contribution in [0.5, 0.6) is 0 Å². The minimum atomic E-state index is -3.89. The molecule has 1 N–H and O–H groups in total. The molecule has 0 unspecified atom stereocenters. The van der Waals surface area contributed by atoms with E-state index in [9.17, 15) is 13.2 Å². The van der Waals surface area contributed by atoms with E-state index in [-0.39, 0.29) is 17.3 Å². The molecule has 4 rings (SSSR count). The van der Waals surface area contributed by atoms with Gasteiger partial charge in [0.15, 0.2) is 0 Å². The largest absolute Gasteiger partial charge is 0.307 e. The van der Waals surface area contributed by atoms with E-state index in [0.29, 0.717) is 22.6 Å². The van der Waals surface area contributed by atoms with Gasteiger partial charge in [-0.05, 0) is 54.4 Å². The summed E-state index contributed by atoms with van der Waals surface area (Å²) >= 11 is 0. The highest BCUT2D eigenvalue weighted by Crippen LogP contribution is 2.31. The van der Waals surface area contributed by atoms with Gasteiger partial charge in [0, 0.05) is 11.8 Å². The van der Waals surface area contributed by atoms with Crippen LogP contribution < -0.4 is 9.62 Å². The van der Waals surface area contributed by atoms with Crippen molar-refractivity contribution in [1.82, 2.24) is 4.98 Å². The molecule has 7 heteroatoms. The van der Waals surface area contributed by atoms with E-state index >= 15 is 0 Å². The highest BCUT2D eigenvalue weighted by atomic mass is 32.2. The zero-order chi connectivity index (χ0) is 23.3. The summed E-state index contributed by atoms with van der Waals surface area (Å²) in [6.45, 7) is 1.88. The average molecular weight is 458 g/mol. The topological polar surface area (TPSA) is 79.4 Å². The van der Waals surface area contributed by atoms with Gasteiger partial charge in [0.25, 0.3) is 15.9 Å². The molecule has 0 fully saturated rings. The lowest BCUT2D eigenvalue weighted by Gasteiger charge is -2.27. The number of rotatable bonds is 7. The summed E-state index contributed by atoms with van der Waals surface area (Å²) < 4.78 is 28.7. The van der Waals surface area contributed by atoms with E-state index in [0.717, 1.165) is 5.56 Å². The second-order valence-corrected chi connectivity index (χ2v) is 9.29. The predicted octanol–water partition coefficient (Wildman–Crippen LogP) is 5.04. The van der Waals surface area contributed by atoms with E-state index in [1.165, 1.54) is 4.31 Å². The number of nitrogens with one attached hydrogen (secondary N) is 1. The number of pyridine rings is 1. The van der Waals surface area contributed by atoms with E-state index in [2.05, 4.69) is 10.3 Å². The maximum Gasteiger partial charge on any atom is 0.264 e. The Morgan fingerprint density at radius 3 is 2.18 bits per heavy atom. The standard InChI is InChI=1S/C26H23N3O3S/c1-20-23(26(30)28-25-17-8-9-18-27-25)15-10-16-24(20)29(19-21-11-4-2-5-12-21)33(31,32)22-13-6-3-7-14-22/h2-18H,19H2,1H3,(H,27,28,30). The van der Waals surface area contributed by atoms with Gasteiger partial charge in [0.05, 0.1) is 17.1 Å². The van der Waals surface area contributed by atoms with E-state index in [1.54, 1.807) is 79.9 Å². The van der Waals surface area contributed by atoms with Crippen molar-refractivity contribution in [3.63, 3.8) is 0 Å². The number of benzene rings is 3. The van der Waals surface area contributed by atoms with Crippen LogP contribution in [0.1, 0.15) is 21.5 Å². The molecular formula is C26H23N3O3S. The lowest BCUT2D eigenvalue weighted by Crippen LogP contribution is -2.31. The van der Waals surface area contributed by atoms with Gasteiger partial charge in [0.1, 0.15) is 5.82 Å². The Kier molecular flexibility index (Phi) is 6.51. The number of carbonyl (C=O) groups excluding carboxylic acids is 1. The maximum atomic E-state index is 13.7. The van der Waals surface area contributed by atoms with Crippen molar-refractivity contribution < 1.29 is 13.2 Å². The first-order valence-electron chi connectivity index (χ1n) is 10.4. The Labute approximate surface area is 193 Å². The van der Waals surface area contributed by atoms with Gasteiger partial charge in [-0.1, -0.05) is 60.7 Å². The molecule has 3 aromatic carbocycles. The van der Waals surface area contributed by atoms with Crippen molar-refractivity contribution >= 4 is 27.4 Å². The van der Waals surface area contributed by atoms with E-state index in [4.69, 9.17) is 0 Å². The fourth-order valence-corrected chi connectivity index (χ4v) is 5.06. The van der Waals surface area contributed by atoms with Crippen LogP contribution in [-0.4, -0.2) is 19.3 Å². The van der Waals surface area contributed by atoms with Crippen LogP contribution in [0.3, 0.4) is 0 Å². The van der Waals surface area contributed by atoms with Crippen LogP contribution in [0.4, 0.5) is 11.5 Å². The highest BCUT2D eigenvalue weighted by Gasteiger charge is 2.27. The maximum absolute atomic E-state index is 13.7. The molecule has 0 saturated carbocycles. The Balaban J connectivity index is 1.77. The summed E-state index contributed by atoms with van der Waals surface area (Å²) in [7, 11) is -3.89. The van der Waals surface area contributed by atoms with Crippen LogP contribution in [0.15, 0.2) is 108 Å². The minimum absolute atomic E-state index is 0.129. The van der Waals surface area contributed by atoms with Crippen molar-refractivity contribution in [3.8, 4) is 0 Å². The van der Waals surface area contributed by atoms with Gasteiger partial charge in [-0.2, -0.15) is 0 Å². The predicted molar refractivity (Wildman–Crippen MR) is 130 cm³/mol. The number of nitrogens with zero attached hydrogens (tertiary/aromatic N) is 2. The first kappa shape index (κ1) is 22.2. The van der Waals surface area contributed by atoms with Crippen LogP contribution >= 0.6 is 0 Å². The van der Waals surface area contributed by atoms with Gasteiger partial charge in [0.2, 0.25) is 0 Å². The van der Waals surface area contributed by atoms with Crippen molar-refractivity contribution in [2.45, 2.75) is 18.4 Å². The summed E-state index contributed by atoms with van der Waals surface area (Å²) in [6.07, 6.45) is 1.59. The Hall–Kier alpha value is -3.97. The summed E-state index contributed by atoms with van der Waals surface area (Å²) in [5, 5.41) is 2.77. The van der Waals surface area contributed by atoms with Crippen LogP contribution in [0, 0.1) is 6.92 Å². The van der Waals surface area contributed by atoms with Crippen LogP contribution in [-0.2, 0) is 16.6 Å². The zero-order valence-electron chi connectivity index (χ0n) is 18.0. The Bertz CT molecular complexity index is 1340. The van der Waals surface area contributed by atoms with Gasteiger partial charge in [-0.15, -0.1) is 0 Å². The lowest BCUT2D eigenvalue weighted by atomic mass is 10.1. The average Bonchev–Trinajstić information content (AvgIpc) is 2.84. The molecule has 6 nitrogen and oxygen atoms in total. The van der Waals surface area contributed by atoms with Crippen molar-refractivity contribution in [2.24, 2.45) is 0 Å². The Morgan fingerprint density at radius 1 is 0.848 bits per heavy atom. The molecule has 0 aliphatic carbocycles. The number of amides is 1. The molecule has 33 heavy (non-hydrogen) atoms. The number of anilines is 2. The van der Waals surface area contributed by atoms with Gasteiger partial charge in [-0.3, -0.25) is 9.10 Å². The summed E-state index contributed by atoms with van der Waals surface area (Å²) in [5.74, 6) is 0.0650. The first-order chi connectivity index (χ1) is 16.0. The summed E-state index contributed by atoms with van der Waals surface area (Å²) in [6, 6.07) is 28.0. The fraction of sp³-hybridized carbons (Fsp3) is 0.0769. The first-order valence-corrected chi connectivity index (χ1v) is 11.8. The highest BCUT2D eigenvalue weighted by molar-refractivity contribution is 7.92. The SMILES string of the molecule is Cc1c(C(=O)Nc2ccccn2)cccc1N(Cc1ccccc1)S(=O)(=O)c1ccccc1. The number of sulfonamides is 1. The third kappa shape index (κ3) is 4.94. The van der Waals surface area contributed by atoms with E-state index in [1.807, 2.05) is 30.3 Å². The zero-order valence-corrected chi connectivity index (χ0v) is 18.9. The molecule has 0 aliphatic rings. The van der Waals surface area contributed by atoms with Crippen molar-refractivity contribution in [2.75, 3.05) is 9.62 Å². The minimum Gasteiger partial charge on any atom is -0.307 e. The van der Waals surface area contributed by atoms with Gasteiger partial charge in [-0.25, -0.2) is 13.4 Å². The molecule has 4 aromatic rings. The second kappa shape index (κ2) is 9.67. The molecule has 1 aromatic heterocycles. The molecule has 0 bridgehead atoms. The number of aromatic nitrogens is 1. The third-order valence-electron chi connectivity index (χ3n) is 5.23. The monoisotopic (exact) mass is 457 g/mol. The van der Waals surface area contributed by atoms with Crippen molar-refractivity contribution in [3.05, 3.63) is 120 Å².